The van der Waals surface area contributed by atoms with Crippen molar-refractivity contribution < 1.29 is 23.8 Å². The average molecular weight is 240 g/mol. The van der Waals surface area contributed by atoms with Gasteiger partial charge in [-0.15, -0.1) is 0 Å². The fourth-order valence-electron chi connectivity index (χ4n) is 1.72. The quantitative estimate of drug-likeness (QED) is 0.875. The molecule has 0 amide bonds. The zero-order valence-electron chi connectivity index (χ0n) is 9.19. The maximum atomic E-state index is 13.3. The first kappa shape index (κ1) is 11.9. The van der Waals surface area contributed by atoms with Gasteiger partial charge < -0.3 is 14.6 Å². The van der Waals surface area contributed by atoms with Crippen LogP contribution < -0.4 is 4.74 Å². The Labute approximate surface area is 98.0 Å². The highest BCUT2D eigenvalue weighted by atomic mass is 19.1. The van der Waals surface area contributed by atoms with Gasteiger partial charge in [0.2, 0.25) is 0 Å². The minimum Gasteiger partial charge on any atom is -0.491 e. The summed E-state index contributed by atoms with van der Waals surface area (Å²) in [6.45, 7) is 1.10. The van der Waals surface area contributed by atoms with Gasteiger partial charge in [-0.3, -0.25) is 0 Å². The summed E-state index contributed by atoms with van der Waals surface area (Å²) in [4.78, 5) is 10.6. The predicted octanol–water partition coefficient (Wildman–Crippen LogP) is 2.08. The second-order valence-electron chi connectivity index (χ2n) is 3.89. The van der Waals surface area contributed by atoms with Gasteiger partial charge in [-0.2, -0.15) is 0 Å². The number of carbonyl (C=O) groups is 1. The van der Waals surface area contributed by atoms with E-state index in [4.69, 9.17) is 14.6 Å². The number of carboxylic acids is 1. The molecule has 1 aromatic carbocycles. The van der Waals surface area contributed by atoms with Crippen LogP contribution in [0.1, 0.15) is 23.2 Å². The first-order chi connectivity index (χ1) is 8.16. The Hall–Kier alpha value is -1.62. The van der Waals surface area contributed by atoms with E-state index in [1.807, 2.05) is 0 Å². The Morgan fingerprint density at radius 3 is 3.00 bits per heavy atom. The van der Waals surface area contributed by atoms with Gasteiger partial charge in [0.15, 0.2) is 0 Å². The van der Waals surface area contributed by atoms with Crippen molar-refractivity contribution >= 4 is 5.97 Å². The summed E-state index contributed by atoms with van der Waals surface area (Å²) in [5.41, 5.74) is -0.352. The Kier molecular flexibility index (Phi) is 3.58. The molecular formula is C12H13FO4. The summed E-state index contributed by atoms with van der Waals surface area (Å²) < 4.78 is 24.0. The Balaban J connectivity index is 1.97. The fourth-order valence-corrected chi connectivity index (χ4v) is 1.72. The Bertz CT molecular complexity index is 413. The highest BCUT2D eigenvalue weighted by Crippen LogP contribution is 2.19. The highest BCUT2D eigenvalue weighted by molar-refractivity contribution is 5.88. The maximum absolute atomic E-state index is 13.3. The van der Waals surface area contributed by atoms with Crippen LogP contribution >= 0.6 is 0 Å². The smallest absolute Gasteiger partial charge is 0.338 e. The van der Waals surface area contributed by atoms with Crippen molar-refractivity contribution in [2.75, 3.05) is 13.2 Å². The molecule has 0 radical (unpaired) electrons. The minimum atomic E-state index is -1.28. The van der Waals surface area contributed by atoms with E-state index in [2.05, 4.69) is 0 Å². The number of carboxylic acid groups (broad SMARTS) is 1. The topological polar surface area (TPSA) is 55.8 Å². The van der Waals surface area contributed by atoms with Gasteiger partial charge in [0.05, 0.1) is 11.7 Å². The number of hydrogen-bond acceptors (Lipinski definition) is 3. The number of ether oxygens (including phenoxy) is 2. The van der Waals surface area contributed by atoms with Gasteiger partial charge in [0.25, 0.3) is 0 Å². The number of rotatable bonds is 4. The molecule has 0 saturated carbocycles. The standard InChI is InChI=1S/C12H13FO4/c13-11-6-8(3-4-10(11)12(14)15)17-7-9-2-1-5-16-9/h3-4,6,9H,1-2,5,7H2,(H,14,15). The van der Waals surface area contributed by atoms with Crippen LogP contribution in [0.5, 0.6) is 5.75 Å². The van der Waals surface area contributed by atoms with Crippen LogP contribution in [0.4, 0.5) is 4.39 Å². The molecule has 1 aromatic rings. The molecule has 1 saturated heterocycles. The molecule has 0 aromatic heterocycles. The third kappa shape index (κ3) is 2.94. The van der Waals surface area contributed by atoms with Crippen LogP contribution in [-0.2, 0) is 4.74 Å². The molecule has 0 bridgehead atoms. The molecule has 4 nitrogen and oxygen atoms in total. The Morgan fingerprint density at radius 1 is 1.59 bits per heavy atom. The first-order valence-corrected chi connectivity index (χ1v) is 5.44. The zero-order valence-corrected chi connectivity index (χ0v) is 9.19. The average Bonchev–Trinajstić information content (AvgIpc) is 2.78. The van der Waals surface area contributed by atoms with Crippen molar-refractivity contribution in [3.05, 3.63) is 29.6 Å². The molecule has 1 atom stereocenters. The van der Waals surface area contributed by atoms with Crippen LogP contribution in [0, 0.1) is 5.82 Å². The summed E-state index contributed by atoms with van der Waals surface area (Å²) in [6, 6.07) is 3.72. The lowest BCUT2D eigenvalue weighted by atomic mass is 10.2. The van der Waals surface area contributed by atoms with Crippen LogP contribution in [0.15, 0.2) is 18.2 Å². The second kappa shape index (κ2) is 5.14. The summed E-state index contributed by atoms with van der Waals surface area (Å²) in [5, 5.41) is 8.66. The van der Waals surface area contributed by atoms with Gasteiger partial charge in [-0.1, -0.05) is 0 Å². The van der Waals surface area contributed by atoms with Crippen LogP contribution in [0.2, 0.25) is 0 Å². The lowest BCUT2D eigenvalue weighted by molar-refractivity contribution is 0.0671. The zero-order chi connectivity index (χ0) is 12.3. The molecule has 1 heterocycles. The van der Waals surface area contributed by atoms with E-state index >= 15 is 0 Å². The number of benzene rings is 1. The molecule has 92 valence electrons. The van der Waals surface area contributed by atoms with Gasteiger partial charge in [0, 0.05) is 12.7 Å². The van der Waals surface area contributed by atoms with E-state index in [-0.39, 0.29) is 11.7 Å². The summed E-state index contributed by atoms with van der Waals surface area (Å²) in [7, 11) is 0. The molecule has 1 aliphatic rings. The monoisotopic (exact) mass is 240 g/mol. The van der Waals surface area contributed by atoms with Crippen molar-refractivity contribution in [3.8, 4) is 5.75 Å². The molecule has 17 heavy (non-hydrogen) atoms. The first-order valence-electron chi connectivity index (χ1n) is 5.44. The van der Waals surface area contributed by atoms with Crippen LogP contribution in [0.3, 0.4) is 0 Å². The third-order valence-corrected chi connectivity index (χ3v) is 2.63. The van der Waals surface area contributed by atoms with Crippen molar-refractivity contribution in [3.63, 3.8) is 0 Å². The fraction of sp³-hybridized carbons (Fsp3) is 0.417. The maximum Gasteiger partial charge on any atom is 0.338 e. The summed E-state index contributed by atoms with van der Waals surface area (Å²) in [6.07, 6.45) is 2.01. The van der Waals surface area contributed by atoms with Crippen molar-refractivity contribution in [2.24, 2.45) is 0 Å². The van der Waals surface area contributed by atoms with Gasteiger partial charge >= 0.3 is 5.97 Å². The molecule has 2 rings (SSSR count). The third-order valence-electron chi connectivity index (χ3n) is 2.63. The molecular weight excluding hydrogens is 227 g/mol. The van der Waals surface area contributed by atoms with E-state index < -0.39 is 11.8 Å². The number of hydrogen-bond donors (Lipinski definition) is 1. The molecule has 1 N–H and O–H groups in total. The number of halogens is 1. The lowest BCUT2D eigenvalue weighted by Gasteiger charge is -2.11. The van der Waals surface area contributed by atoms with E-state index in [9.17, 15) is 9.18 Å². The lowest BCUT2D eigenvalue weighted by Crippen LogP contribution is -2.16. The normalized spacial score (nSPS) is 19.2. The van der Waals surface area contributed by atoms with Crippen LogP contribution in [0.25, 0.3) is 0 Å². The molecule has 1 fully saturated rings. The molecule has 1 unspecified atom stereocenters. The van der Waals surface area contributed by atoms with Gasteiger partial charge in [-0.25, -0.2) is 9.18 Å². The van der Waals surface area contributed by atoms with Crippen molar-refractivity contribution in [2.45, 2.75) is 18.9 Å². The number of aromatic carboxylic acids is 1. The molecule has 5 heteroatoms. The molecule has 0 spiro atoms. The van der Waals surface area contributed by atoms with Crippen molar-refractivity contribution in [1.29, 1.82) is 0 Å². The van der Waals surface area contributed by atoms with Gasteiger partial charge in [-0.05, 0) is 25.0 Å². The SMILES string of the molecule is O=C(O)c1ccc(OCC2CCCO2)cc1F. The molecule has 1 aliphatic heterocycles. The van der Waals surface area contributed by atoms with E-state index in [1.54, 1.807) is 0 Å². The van der Waals surface area contributed by atoms with Crippen LogP contribution in [-0.4, -0.2) is 30.4 Å². The largest absolute Gasteiger partial charge is 0.491 e. The van der Waals surface area contributed by atoms with E-state index in [0.29, 0.717) is 12.4 Å². The van der Waals surface area contributed by atoms with E-state index in [1.165, 1.54) is 12.1 Å². The van der Waals surface area contributed by atoms with E-state index in [0.717, 1.165) is 25.5 Å². The Morgan fingerprint density at radius 2 is 2.41 bits per heavy atom. The second-order valence-corrected chi connectivity index (χ2v) is 3.89. The highest BCUT2D eigenvalue weighted by Gasteiger charge is 2.17. The predicted molar refractivity (Wildman–Crippen MR) is 57.8 cm³/mol. The summed E-state index contributed by atoms with van der Waals surface area (Å²) in [5.74, 6) is -1.75. The van der Waals surface area contributed by atoms with Gasteiger partial charge in [0.1, 0.15) is 18.2 Å². The minimum absolute atomic E-state index is 0.0530. The summed E-state index contributed by atoms with van der Waals surface area (Å²) >= 11 is 0. The van der Waals surface area contributed by atoms with Crippen molar-refractivity contribution in [1.82, 2.24) is 0 Å². The molecule has 0 aliphatic carbocycles.